The van der Waals surface area contributed by atoms with Gasteiger partial charge in [-0.15, -0.1) is 10.2 Å². The largest absolute Gasteiger partial charge is 0.341 e. The zero-order valence-electron chi connectivity index (χ0n) is 15.6. The van der Waals surface area contributed by atoms with E-state index >= 15 is 0 Å². The molecule has 0 aliphatic carbocycles. The molecule has 0 radical (unpaired) electrons. The van der Waals surface area contributed by atoms with Gasteiger partial charge in [-0.1, -0.05) is 54.2 Å². The van der Waals surface area contributed by atoms with Crippen molar-refractivity contribution in [2.45, 2.75) is 23.2 Å². The number of nitrogens with zero attached hydrogens (tertiary/aromatic N) is 4. The molecule has 2 heterocycles. The van der Waals surface area contributed by atoms with Crippen molar-refractivity contribution >= 4 is 17.7 Å². The Morgan fingerprint density at radius 2 is 1.71 bits per heavy atom. The van der Waals surface area contributed by atoms with Crippen LogP contribution in [0.1, 0.15) is 23.7 Å². The molecule has 1 fully saturated rings. The van der Waals surface area contributed by atoms with Crippen LogP contribution in [-0.4, -0.2) is 38.7 Å². The number of thioether (sulfide) groups is 1. The number of aromatic nitrogens is 3. The lowest BCUT2D eigenvalue weighted by Crippen LogP contribution is -2.31. The fourth-order valence-corrected chi connectivity index (χ4v) is 4.48. The number of hydrogen-bond acceptors (Lipinski definition) is 4. The van der Waals surface area contributed by atoms with E-state index < -0.39 is 5.25 Å². The molecule has 1 atom stereocenters. The van der Waals surface area contributed by atoms with Gasteiger partial charge in [0, 0.05) is 20.1 Å². The van der Waals surface area contributed by atoms with E-state index in [1.807, 2.05) is 35.2 Å². The number of benzene rings is 2. The molecule has 0 unspecified atom stereocenters. The Balaban J connectivity index is 1.66. The number of carbonyl (C=O) groups is 1. The second-order valence-corrected chi connectivity index (χ2v) is 7.86. The van der Waals surface area contributed by atoms with Crippen molar-refractivity contribution in [3.8, 4) is 11.4 Å². The van der Waals surface area contributed by atoms with E-state index in [-0.39, 0.29) is 11.7 Å². The van der Waals surface area contributed by atoms with Gasteiger partial charge < -0.3 is 9.47 Å². The number of halogens is 1. The molecular formula is C21H21FN4OS. The van der Waals surface area contributed by atoms with E-state index in [9.17, 15) is 9.18 Å². The van der Waals surface area contributed by atoms with Gasteiger partial charge in [0.25, 0.3) is 0 Å². The number of rotatable bonds is 5. The number of amides is 1. The van der Waals surface area contributed by atoms with Gasteiger partial charge in [-0.3, -0.25) is 4.79 Å². The van der Waals surface area contributed by atoms with Crippen LogP contribution in [0.25, 0.3) is 11.4 Å². The minimum Gasteiger partial charge on any atom is -0.341 e. The number of likely N-dealkylation sites (tertiary alicyclic amines) is 1. The Bertz CT molecular complexity index is 970. The highest BCUT2D eigenvalue weighted by molar-refractivity contribution is 8.00. The molecule has 1 aliphatic heterocycles. The maximum atomic E-state index is 14.2. The summed E-state index contributed by atoms with van der Waals surface area (Å²) in [6, 6.07) is 16.2. The van der Waals surface area contributed by atoms with E-state index in [0.717, 1.165) is 31.5 Å². The highest BCUT2D eigenvalue weighted by Gasteiger charge is 2.30. The van der Waals surface area contributed by atoms with Crippen LogP contribution in [0.4, 0.5) is 4.39 Å². The predicted octanol–water partition coefficient (Wildman–Crippen LogP) is 4.08. The van der Waals surface area contributed by atoms with Crippen molar-refractivity contribution < 1.29 is 9.18 Å². The Morgan fingerprint density at radius 1 is 1.04 bits per heavy atom. The summed E-state index contributed by atoms with van der Waals surface area (Å²) in [5.74, 6) is 0.187. The van der Waals surface area contributed by atoms with Crippen LogP contribution in [0, 0.1) is 5.82 Å². The van der Waals surface area contributed by atoms with Gasteiger partial charge in [0.2, 0.25) is 5.91 Å². The van der Waals surface area contributed by atoms with Crippen LogP contribution in [0.2, 0.25) is 0 Å². The van der Waals surface area contributed by atoms with Crippen molar-refractivity contribution in [3.05, 3.63) is 66.0 Å². The topological polar surface area (TPSA) is 51.0 Å². The van der Waals surface area contributed by atoms with Crippen molar-refractivity contribution in [2.24, 2.45) is 7.05 Å². The highest BCUT2D eigenvalue weighted by Crippen LogP contribution is 2.37. The van der Waals surface area contributed by atoms with Crippen LogP contribution >= 0.6 is 11.8 Å². The summed E-state index contributed by atoms with van der Waals surface area (Å²) in [6.45, 7) is 1.59. The maximum absolute atomic E-state index is 14.2. The van der Waals surface area contributed by atoms with Gasteiger partial charge in [-0.05, 0) is 30.5 Å². The lowest BCUT2D eigenvalue weighted by atomic mass is 10.1. The molecule has 1 saturated heterocycles. The molecule has 28 heavy (non-hydrogen) atoms. The molecule has 0 N–H and O–H groups in total. The second kappa shape index (κ2) is 8.14. The Labute approximate surface area is 167 Å². The first-order valence-corrected chi connectivity index (χ1v) is 10.2. The minimum absolute atomic E-state index is 0.0872. The first kappa shape index (κ1) is 18.7. The zero-order valence-corrected chi connectivity index (χ0v) is 16.4. The van der Waals surface area contributed by atoms with Gasteiger partial charge in [-0.2, -0.15) is 0 Å². The Hall–Kier alpha value is -2.67. The first-order valence-electron chi connectivity index (χ1n) is 9.30. The summed E-state index contributed by atoms with van der Waals surface area (Å²) < 4.78 is 15.9. The number of carbonyl (C=O) groups excluding carboxylic acids is 1. The van der Waals surface area contributed by atoms with Crippen LogP contribution in [-0.2, 0) is 11.8 Å². The smallest absolute Gasteiger partial charge is 0.240 e. The first-order chi connectivity index (χ1) is 13.6. The predicted molar refractivity (Wildman–Crippen MR) is 107 cm³/mol. The molecule has 1 aliphatic rings. The van der Waals surface area contributed by atoms with Gasteiger partial charge in [0.1, 0.15) is 11.1 Å². The van der Waals surface area contributed by atoms with E-state index in [4.69, 9.17) is 0 Å². The normalized spacial score (nSPS) is 15.0. The minimum atomic E-state index is -0.407. The molecule has 4 rings (SSSR count). The lowest BCUT2D eigenvalue weighted by Gasteiger charge is -2.22. The molecular weight excluding hydrogens is 375 g/mol. The van der Waals surface area contributed by atoms with E-state index in [0.29, 0.717) is 16.5 Å². The lowest BCUT2D eigenvalue weighted by molar-refractivity contribution is -0.129. The van der Waals surface area contributed by atoms with Gasteiger partial charge in [0.05, 0.1) is 5.56 Å². The van der Waals surface area contributed by atoms with E-state index in [2.05, 4.69) is 10.2 Å². The van der Waals surface area contributed by atoms with Crippen LogP contribution in [0.3, 0.4) is 0 Å². The summed E-state index contributed by atoms with van der Waals surface area (Å²) >= 11 is 1.36. The summed E-state index contributed by atoms with van der Waals surface area (Å²) in [5.41, 5.74) is 1.33. The molecule has 0 saturated carbocycles. The fraction of sp³-hybridized carbons (Fsp3) is 0.286. The third-order valence-corrected chi connectivity index (χ3v) is 6.19. The summed E-state index contributed by atoms with van der Waals surface area (Å²) in [7, 11) is 1.80. The molecule has 5 nitrogen and oxygen atoms in total. The monoisotopic (exact) mass is 396 g/mol. The molecule has 0 bridgehead atoms. The standard InChI is InChI=1S/C21H21FN4OS/c1-25-19(16-11-5-6-12-17(16)22)23-24-21(25)28-18(15-9-3-2-4-10-15)20(27)26-13-7-8-14-26/h2-6,9-12,18H,7-8,13-14H2,1H3/t18-/m1/s1. The Morgan fingerprint density at radius 3 is 2.43 bits per heavy atom. The second-order valence-electron chi connectivity index (χ2n) is 6.79. The Kier molecular flexibility index (Phi) is 5.43. The molecule has 2 aromatic carbocycles. The summed E-state index contributed by atoms with van der Waals surface area (Å²) in [4.78, 5) is 15.1. The summed E-state index contributed by atoms with van der Waals surface area (Å²) in [6.07, 6.45) is 2.08. The van der Waals surface area contributed by atoms with Crippen molar-refractivity contribution in [3.63, 3.8) is 0 Å². The molecule has 1 aromatic heterocycles. The van der Waals surface area contributed by atoms with Gasteiger partial charge >= 0.3 is 0 Å². The van der Waals surface area contributed by atoms with Crippen molar-refractivity contribution in [1.29, 1.82) is 0 Å². The number of hydrogen-bond donors (Lipinski definition) is 0. The average molecular weight is 396 g/mol. The fourth-order valence-electron chi connectivity index (χ4n) is 3.39. The average Bonchev–Trinajstić information content (AvgIpc) is 3.37. The van der Waals surface area contributed by atoms with Crippen molar-refractivity contribution in [2.75, 3.05) is 13.1 Å². The third-order valence-electron chi connectivity index (χ3n) is 4.92. The van der Waals surface area contributed by atoms with Gasteiger partial charge in [-0.25, -0.2) is 4.39 Å². The molecule has 1 amide bonds. The van der Waals surface area contributed by atoms with Crippen LogP contribution in [0.15, 0.2) is 59.8 Å². The van der Waals surface area contributed by atoms with E-state index in [1.165, 1.54) is 17.8 Å². The molecule has 7 heteroatoms. The molecule has 144 valence electrons. The van der Waals surface area contributed by atoms with Crippen LogP contribution in [0.5, 0.6) is 0 Å². The highest BCUT2D eigenvalue weighted by atomic mass is 32.2. The maximum Gasteiger partial charge on any atom is 0.240 e. The summed E-state index contributed by atoms with van der Waals surface area (Å²) in [5, 5.41) is 8.60. The molecule has 0 spiro atoms. The zero-order chi connectivity index (χ0) is 19.5. The van der Waals surface area contributed by atoms with Gasteiger partial charge in [0.15, 0.2) is 11.0 Å². The van der Waals surface area contributed by atoms with E-state index in [1.54, 1.807) is 29.8 Å². The SMILES string of the molecule is Cn1c(S[C@@H](C(=O)N2CCCC2)c2ccccc2)nnc1-c1ccccc1F. The van der Waals surface area contributed by atoms with Crippen LogP contribution < -0.4 is 0 Å². The van der Waals surface area contributed by atoms with Crippen molar-refractivity contribution in [1.82, 2.24) is 19.7 Å². The quantitative estimate of drug-likeness (QED) is 0.610. The third kappa shape index (κ3) is 3.67. The molecule has 3 aromatic rings.